The first-order chi connectivity index (χ1) is 14.2. The lowest BCUT2D eigenvalue weighted by atomic mass is 9.86. The number of hydrogen-bond acceptors (Lipinski definition) is 5. The van der Waals surface area contributed by atoms with Crippen molar-refractivity contribution in [2.45, 2.75) is 51.7 Å². The number of hydrogen-bond donors (Lipinski definition) is 1. The van der Waals surface area contributed by atoms with E-state index in [0.29, 0.717) is 24.7 Å². The number of carbonyl (C=O) groups is 1. The van der Waals surface area contributed by atoms with Crippen molar-refractivity contribution in [1.29, 1.82) is 0 Å². The number of nitrogens with one attached hydrogen (secondary N) is 1. The Bertz CT molecular complexity index is 957. The van der Waals surface area contributed by atoms with Crippen molar-refractivity contribution in [2.75, 3.05) is 0 Å². The zero-order valence-corrected chi connectivity index (χ0v) is 16.5. The molecule has 0 radical (unpaired) electrons. The van der Waals surface area contributed by atoms with Crippen LogP contribution in [-0.4, -0.2) is 26.1 Å². The van der Waals surface area contributed by atoms with Gasteiger partial charge < -0.3 is 14.7 Å². The highest BCUT2D eigenvalue weighted by molar-refractivity contribution is 5.75. The number of benzene rings is 1. The standard InChI is InChI=1S/C22H25N5O2/c1-2-21-25-20(26-29-21)14-24-22(28)27(15-16-7-6-12-23-13-16)19-11-5-9-17-8-3-4-10-18(17)19/h3-4,6-8,10,12-13,19H,2,5,9,11,14-15H2,1H3,(H,24,28). The number of rotatable bonds is 6. The Balaban J connectivity index is 1.56. The van der Waals surface area contributed by atoms with Crippen molar-refractivity contribution >= 4 is 6.03 Å². The first kappa shape index (κ1) is 19.1. The number of urea groups is 1. The molecule has 29 heavy (non-hydrogen) atoms. The Morgan fingerprint density at radius 3 is 2.97 bits per heavy atom. The van der Waals surface area contributed by atoms with Crippen molar-refractivity contribution in [3.63, 3.8) is 0 Å². The smallest absolute Gasteiger partial charge is 0.318 e. The number of aromatic nitrogens is 3. The molecule has 7 heteroatoms. The summed E-state index contributed by atoms with van der Waals surface area (Å²) in [5.74, 6) is 1.06. The van der Waals surface area contributed by atoms with Crippen molar-refractivity contribution in [1.82, 2.24) is 25.3 Å². The zero-order chi connectivity index (χ0) is 20.1. The molecule has 3 aromatic rings. The molecular formula is C22H25N5O2. The molecule has 150 valence electrons. The van der Waals surface area contributed by atoms with Crippen LogP contribution in [0.25, 0.3) is 0 Å². The van der Waals surface area contributed by atoms with E-state index in [1.165, 1.54) is 11.1 Å². The molecule has 1 aromatic carbocycles. The maximum Gasteiger partial charge on any atom is 0.318 e. The van der Waals surface area contributed by atoms with Crippen LogP contribution < -0.4 is 5.32 Å². The maximum absolute atomic E-state index is 13.2. The van der Waals surface area contributed by atoms with Gasteiger partial charge in [-0.1, -0.05) is 42.4 Å². The van der Waals surface area contributed by atoms with Crippen molar-refractivity contribution in [3.05, 3.63) is 77.2 Å². The third-order valence-corrected chi connectivity index (χ3v) is 5.26. The summed E-state index contributed by atoms with van der Waals surface area (Å²) in [6, 6.07) is 12.2. The lowest BCUT2D eigenvalue weighted by molar-refractivity contribution is 0.161. The average molecular weight is 391 g/mol. The fourth-order valence-corrected chi connectivity index (χ4v) is 3.83. The van der Waals surface area contributed by atoms with E-state index in [1.807, 2.05) is 36.2 Å². The summed E-state index contributed by atoms with van der Waals surface area (Å²) >= 11 is 0. The Hall–Kier alpha value is -3.22. The summed E-state index contributed by atoms with van der Waals surface area (Å²) < 4.78 is 5.13. The summed E-state index contributed by atoms with van der Waals surface area (Å²) in [6.45, 7) is 2.68. The Morgan fingerprint density at radius 2 is 2.17 bits per heavy atom. The molecule has 2 heterocycles. The normalized spacial score (nSPS) is 15.6. The van der Waals surface area contributed by atoms with Crippen LogP contribution in [0.2, 0.25) is 0 Å². The Morgan fingerprint density at radius 1 is 1.28 bits per heavy atom. The summed E-state index contributed by atoms with van der Waals surface area (Å²) in [4.78, 5) is 23.6. The number of carbonyl (C=O) groups excluding carboxylic acids is 1. The minimum Gasteiger partial charge on any atom is -0.339 e. The van der Waals surface area contributed by atoms with Crippen molar-refractivity contribution < 1.29 is 9.32 Å². The summed E-state index contributed by atoms with van der Waals surface area (Å²) in [7, 11) is 0. The third kappa shape index (κ3) is 4.45. The van der Waals surface area contributed by atoms with Gasteiger partial charge in [-0.25, -0.2) is 4.79 Å². The van der Waals surface area contributed by atoms with Crippen LogP contribution in [0.3, 0.4) is 0 Å². The fourth-order valence-electron chi connectivity index (χ4n) is 3.83. The van der Waals surface area contributed by atoms with Crippen LogP contribution in [0.5, 0.6) is 0 Å². The number of amides is 2. The van der Waals surface area contributed by atoms with Crippen LogP contribution in [0.15, 0.2) is 53.3 Å². The highest BCUT2D eigenvalue weighted by Gasteiger charge is 2.29. The van der Waals surface area contributed by atoms with Gasteiger partial charge in [-0.15, -0.1) is 0 Å². The first-order valence-corrected chi connectivity index (χ1v) is 10.1. The van der Waals surface area contributed by atoms with E-state index >= 15 is 0 Å². The number of nitrogens with zero attached hydrogens (tertiary/aromatic N) is 4. The zero-order valence-electron chi connectivity index (χ0n) is 16.5. The summed E-state index contributed by atoms with van der Waals surface area (Å²) in [5.41, 5.74) is 3.54. The van der Waals surface area contributed by atoms with E-state index in [9.17, 15) is 4.79 Å². The van der Waals surface area contributed by atoms with Crippen LogP contribution in [0.4, 0.5) is 4.79 Å². The van der Waals surface area contributed by atoms with Crippen LogP contribution in [-0.2, 0) is 25.9 Å². The lowest BCUT2D eigenvalue weighted by Gasteiger charge is -2.36. The molecule has 4 rings (SSSR count). The van der Waals surface area contributed by atoms with Gasteiger partial charge in [0.25, 0.3) is 0 Å². The Kier molecular flexibility index (Phi) is 5.84. The lowest BCUT2D eigenvalue weighted by Crippen LogP contribution is -2.42. The third-order valence-electron chi connectivity index (χ3n) is 5.26. The fraction of sp³-hybridized carbons (Fsp3) is 0.364. The van der Waals surface area contributed by atoms with E-state index in [1.54, 1.807) is 6.20 Å². The van der Waals surface area contributed by atoms with Crippen LogP contribution >= 0.6 is 0 Å². The molecule has 0 saturated carbocycles. The average Bonchev–Trinajstić information content (AvgIpc) is 3.24. The number of fused-ring (bicyclic) bond motifs is 1. The molecule has 1 atom stereocenters. The quantitative estimate of drug-likeness (QED) is 0.691. The molecule has 1 N–H and O–H groups in total. The van der Waals surface area contributed by atoms with Gasteiger partial charge in [0.15, 0.2) is 5.82 Å². The minimum absolute atomic E-state index is 0.0247. The summed E-state index contributed by atoms with van der Waals surface area (Å²) in [6.07, 6.45) is 7.27. The van der Waals surface area contributed by atoms with E-state index in [2.05, 4.69) is 38.6 Å². The second-order valence-electron chi connectivity index (χ2n) is 7.21. The second kappa shape index (κ2) is 8.86. The highest BCUT2D eigenvalue weighted by Crippen LogP contribution is 2.35. The van der Waals surface area contributed by atoms with Crippen molar-refractivity contribution in [3.8, 4) is 0 Å². The summed E-state index contributed by atoms with van der Waals surface area (Å²) in [5, 5.41) is 6.89. The molecule has 1 aliphatic rings. The molecule has 0 spiro atoms. The van der Waals surface area contributed by atoms with E-state index in [4.69, 9.17) is 4.52 Å². The number of pyridine rings is 1. The molecule has 2 aromatic heterocycles. The molecule has 0 bridgehead atoms. The van der Waals surface area contributed by atoms with Gasteiger partial charge in [-0.2, -0.15) is 4.98 Å². The SMILES string of the molecule is CCc1nc(CNC(=O)N(Cc2cccnc2)C2CCCc3ccccc32)no1. The predicted molar refractivity (Wildman–Crippen MR) is 108 cm³/mol. The largest absolute Gasteiger partial charge is 0.339 e. The molecule has 2 amide bonds. The molecule has 0 saturated heterocycles. The molecule has 7 nitrogen and oxygen atoms in total. The van der Waals surface area contributed by atoms with Gasteiger partial charge in [0.1, 0.15) is 0 Å². The maximum atomic E-state index is 13.2. The molecule has 0 fully saturated rings. The number of aryl methyl sites for hydroxylation is 2. The molecular weight excluding hydrogens is 366 g/mol. The van der Waals surface area contributed by atoms with Gasteiger partial charge >= 0.3 is 6.03 Å². The van der Waals surface area contributed by atoms with Gasteiger partial charge in [0.2, 0.25) is 5.89 Å². The van der Waals surface area contributed by atoms with Crippen molar-refractivity contribution in [2.24, 2.45) is 0 Å². The predicted octanol–water partition coefficient (Wildman–Crippen LogP) is 3.82. The van der Waals surface area contributed by atoms with Crippen LogP contribution in [0.1, 0.15) is 54.2 Å². The van der Waals surface area contributed by atoms with Crippen LogP contribution in [0, 0.1) is 0 Å². The Labute approximate surface area is 170 Å². The van der Waals surface area contributed by atoms with E-state index in [-0.39, 0.29) is 18.6 Å². The second-order valence-corrected chi connectivity index (χ2v) is 7.21. The van der Waals surface area contributed by atoms with E-state index < -0.39 is 0 Å². The van der Waals surface area contributed by atoms with Gasteiger partial charge in [0.05, 0.1) is 12.6 Å². The molecule has 0 aliphatic heterocycles. The topological polar surface area (TPSA) is 84.2 Å². The van der Waals surface area contributed by atoms with E-state index in [0.717, 1.165) is 24.8 Å². The first-order valence-electron chi connectivity index (χ1n) is 10.1. The minimum atomic E-state index is -0.140. The molecule has 1 aliphatic carbocycles. The van der Waals surface area contributed by atoms with Gasteiger partial charge in [-0.3, -0.25) is 4.98 Å². The highest BCUT2D eigenvalue weighted by atomic mass is 16.5. The molecule has 1 unspecified atom stereocenters. The van der Waals surface area contributed by atoms with Gasteiger partial charge in [-0.05, 0) is 42.0 Å². The monoisotopic (exact) mass is 391 g/mol. The van der Waals surface area contributed by atoms with Gasteiger partial charge in [0, 0.05) is 25.4 Å².